The molecule has 1 aromatic rings. The average Bonchev–Trinajstić information content (AvgIpc) is 2.88. The summed E-state index contributed by atoms with van der Waals surface area (Å²) in [5.41, 5.74) is 0.744. The van der Waals surface area contributed by atoms with Crippen molar-refractivity contribution in [3.05, 3.63) is 28.7 Å². The number of carbonyl (C=O) groups is 2. The number of rotatable bonds is 9. The van der Waals surface area contributed by atoms with Gasteiger partial charge in [0.15, 0.2) is 11.5 Å². The summed E-state index contributed by atoms with van der Waals surface area (Å²) in [5, 5.41) is 8.65. The first-order chi connectivity index (χ1) is 12.5. The Balaban J connectivity index is 2.06. The Morgan fingerprint density at radius 3 is 2.69 bits per heavy atom. The zero-order valence-electron chi connectivity index (χ0n) is 14.7. The van der Waals surface area contributed by atoms with E-state index in [0.717, 1.165) is 18.4 Å². The third-order valence-electron chi connectivity index (χ3n) is 3.87. The molecule has 1 N–H and O–H groups in total. The molecule has 1 saturated heterocycles. The molecule has 1 fully saturated rings. The molecule has 0 radical (unpaired) electrons. The third kappa shape index (κ3) is 4.98. The first-order valence-corrected chi connectivity index (χ1v) is 9.38. The highest BCUT2D eigenvalue weighted by atomic mass is 32.2. The van der Waals surface area contributed by atoms with Crippen LogP contribution in [0, 0.1) is 0 Å². The number of hydrogen-bond acceptors (Lipinski definition) is 6. The van der Waals surface area contributed by atoms with E-state index in [1.807, 2.05) is 12.1 Å². The van der Waals surface area contributed by atoms with Gasteiger partial charge in [0.2, 0.25) is 0 Å². The number of aliphatic carboxylic acids is 1. The monoisotopic (exact) mass is 395 g/mol. The van der Waals surface area contributed by atoms with Gasteiger partial charge < -0.3 is 14.6 Å². The van der Waals surface area contributed by atoms with E-state index >= 15 is 0 Å². The predicted octanol–water partition coefficient (Wildman–Crippen LogP) is 3.55. The van der Waals surface area contributed by atoms with E-state index in [-0.39, 0.29) is 12.3 Å². The van der Waals surface area contributed by atoms with Crippen molar-refractivity contribution in [1.82, 2.24) is 4.90 Å². The largest absolute Gasteiger partial charge is 0.493 e. The van der Waals surface area contributed by atoms with Crippen molar-refractivity contribution in [2.24, 2.45) is 0 Å². The smallest absolute Gasteiger partial charge is 0.303 e. The fourth-order valence-electron chi connectivity index (χ4n) is 2.58. The molecule has 1 aliphatic heterocycles. The molecule has 1 amide bonds. The first-order valence-electron chi connectivity index (χ1n) is 8.16. The van der Waals surface area contributed by atoms with Crippen LogP contribution in [-0.2, 0) is 9.59 Å². The normalized spacial score (nSPS) is 15.6. The summed E-state index contributed by atoms with van der Waals surface area (Å²) < 4.78 is 11.2. The summed E-state index contributed by atoms with van der Waals surface area (Å²) >= 11 is 6.57. The van der Waals surface area contributed by atoms with Crippen LogP contribution >= 0.6 is 24.0 Å². The topological polar surface area (TPSA) is 76.1 Å². The highest BCUT2D eigenvalue weighted by Crippen LogP contribution is 2.37. The van der Waals surface area contributed by atoms with E-state index in [9.17, 15) is 9.59 Å². The maximum atomic E-state index is 12.6. The molecule has 0 saturated carbocycles. The van der Waals surface area contributed by atoms with Crippen molar-refractivity contribution in [3.63, 3.8) is 0 Å². The lowest BCUT2D eigenvalue weighted by Crippen LogP contribution is -2.29. The number of amides is 1. The second kappa shape index (κ2) is 9.59. The van der Waals surface area contributed by atoms with Gasteiger partial charge in [-0.1, -0.05) is 42.5 Å². The van der Waals surface area contributed by atoms with E-state index in [1.165, 1.54) is 11.8 Å². The summed E-state index contributed by atoms with van der Waals surface area (Å²) in [6.45, 7) is 0.497. The highest BCUT2D eigenvalue weighted by Gasteiger charge is 2.31. The van der Waals surface area contributed by atoms with E-state index < -0.39 is 5.97 Å². The zero-order valence-corrected chi connectivity index (χ0v) is 16.3. The number of carbonyl (C=O) groups excluding carboxylic acids is 1. The quantitative estimate of drug-likeness (QED) is 0.389. The Kier molecular flexibility index (Phi) is 7.47. The number of ether oxygens (including phenoxy) is 2. The van der Waals surface area contributed by atoms with E-state index in [4.69, 9.17) is 26.8 Å². The van der Waals surface area contributed by atoms with Crippen molar-refractivity contribution in [3.8, 4) is 11.5 Å². The molecule has 0 aliphatic carbocycles. The van der Waals surface area contributed by atoms with Crippen LogP contribution in [0.1, 0.15) is 31.2 Å². The molecule has 0 atom stereocenters. The van der Waals surface area contributed by atoms with Crippen molar-refractivity contribution in [2.75, 3.05) is 20.8 Å². The van der Waals surface area contributed by atoms with Crippen molar-refractivity contribution in [2.45, 2.75) is 25.7 Å². The predicted molar refractivity (Wildman–Crippen MR) is 106 cm³/mol. The van der Waals surface area contributed by atoms with Gasteiger partial charge in [-0.25, -0.2) is 0 Å². The second-order valence-electron chi connectivity index (χ2n) is 5.62. The van der Waals surface area contributed by atoms with Gasteiger partial charge in [-0.15, -0.1) is 0 Å². The first kappa shape index (κ1) is 20.3. The van der Waals surface area contributed by atoms with Gasteiger partial charge in [-0.3, -0.25) is 14.5 Å². The Hall–Kier alpha value is -2.06. The zero-order chi connectivity index (χ0) is 19.1. The molecule has 2 rings (SSSR count). The average molecular weight is 396 g/mol. The van der Waals surface area contributed by atoms with Crippen LogP contribution in [0.3, 0.4) is 0 Å². The van der Waals surface area contributed by atoms with Crippen LogP contribution in [0.4, 0.5) is 0 Å². The number of thioether (sulfide) groups is 1. The molecule has 1 heterocycles. The standard InChI is InChI=1S/C18H21NO5S2/c1-23-13-8-6-7-12(16(13)24-2)11-14-17(22)19(18(25)26-14)10-5-3-4-9-15(20)21/h6-8,11H,3-5,9-10H2,1-2H3,(H,20,21). The fraction of sp³-hybridized carbons (Fsp3) is 0.389. The van der Waals surface area contributed by atoms with Crippen LogP contribution < -0.4 is 9.47 Å². The lowest BCUT2D eigenvalue weighted by atomic mass is 10.1. The molecule has 140 valence electrons. The number of thiocarbonyl (C=S) groups is 1. The van der Waals surface area contributed by atoms with Gasteiger partial charge >= 0.3 is 5.97 Å². The van der Waals surface area contributed by atoms with E-state index in [0.29, 0.717) is 33.7 Å². The van der Waals surface area contributed by atoms with E-state index in [1.54, 1.807) is 31.3 Å². The van der Waals surface area contributed by atoms with Gasteiger partial charge in [0.05, 0.1) is 19.1 Å². The molecule has 0 unspecified atom stereocenters. The molecule has 0 bridgehead atoms. The molecule has 6 nitrogen and oxygen atoms in total. The molecule has 26 heavy (non-hydrogen) atoms. The summed E-state index contributed by atoms with van der Waals surface area (Å²) in [6, 6.07) is 5.47. The lowest BCUT2D eigenvalue weighted by molar-refractivity contribution is -0.137. The summed E-state index contributed by atoms with van der Waals surface area (Å²) in [7, 11) is 3.11. The molecule has 0 aromatic heterocycles. The number of methoxy groups -OCH3 is 2. The minimum Gasteiger partial charge on any atom is -0.493 e. The summed E-state index contributed by atoms with van der Waals surface area (Å²) in [4.78, 5) is 25.3. The minimum absolute atomic E-state index is 0.136. The molecule has 1 aromatic carbocycles. The minimum atomic E-state index is -0.800. The van der Waals surface area contributed by atoms with Gasteiger partial charge in [-0.2, -0.15) is 0 Å². The van der Waals surface area contributed by atoms with Gasteiger partial charge in [0.1, 0.15) is 4.32 Å². The molecule has 0 spiro atoms. The van der Waals surface area contributed by atoms with Crippen molar-refractivity contribution >= 4 is 46.3 Å². The number of carboxylic acid groups (broad SMARTS) is 1. The molecular weight excluding hydrogens is 374 g/mol. The fourth-order valence-corrected chi connectivity index (χ4v) is 3.88. The SMILES string of the molecule is COc1cccc(C=C2SC(=S)N(CCCCCC(=O)O)C2=O)c1OC. The Labute approximate surface area is 162 Å². The van der Waals surface area contributed by atoms with Crippen LogP contribution in [0.5, 0.6) is 11.5 Å². The third-order valence-corrected chi connectivity index (χ3v) is 5.24. The maximum Gasteiger partial charge on any atom is 0.303 e. The summed E-state index contributed by atoms with van der Waals surface area (Å²) in [5.74, 6) is 0.220. The van der Waals surface area contributed by atoms with Gasteiger partial charge in [0, 0.05) is 18.5 Å². The van der Waals surface area contributed by atoms with Crippen LogP contribution in [0.15, 0.2) is 23.1 Å². The van der Waals surface area contributed by atoms with Crippen LogP contribution in [0.25, 0.3) is 6.08 Å². The number of carboxylic acids is 1. The van der Waals surface area contributed by atoms with Crippen molar-refractivity contribution in [1.29, 1.82) is 0 Å². The lowest BCUT2D eigenvalue weighted by Gasteiger charge is -2.14. The molecule has 8 heteroatoms. The van der Waals surface area contributed by atoms with Gasteiger partial charge in [0.25, 0.3) is 5.91 Å². The molecule has 1 aliphatic rings. The summed E-state index contributed by atoms with van der Waals surface area (Å²) in [6.07, 6.45) is 3.96. The Morgan fingerprint density at radius 2 is 2.04 bits per heavy atom. The number of hydrogen-bond donors (Lipinski definition) is 1. The highest BCUT2D eigenvalue weighted by molar-refractivity contribution is 8.26. The number of nitrogens with zero attached hydrogens (tertiary/aromatic N) is 1. The maximum absolute atomic E-state index is 12.6. The second-order valence-corrected chi connectivity index (χ2v) is 7.30. The Morgan fingerprint density at radius 1 is 1.27 bits per heavy atom. The van der Waals surface area contributed by atoms with Crippen molar-refractivity contribution < 1.29 is 24.2 Å². The van der Waals surface area contributed by atoms with Crippen LogP contribution in [-0.4, -0.2) is 47.0 Å². The molecular formula is C18H21NO5S2. The van der Waals surface area contributed by atoms with Crippen LogP contribution in [0.2, 0.25) is 0 Å². The van der Waals surface area contributed by atoms with Gasteiger partial charge in [-0.05, 0) is 25.0 Å². The van der Waals surface area contributed by atoms with E-state index in [2.05, 4.69) is 0 Å². The Bertz CT molecular complexity index is 732. The number of unbranched alkanes of at least 4 members (excludes halogenated alkanes) is 2. The number of benzene rings is 1. The number of para-hydroxylation sites is 1.